The summed E-state index contributed by atoms with van der Waals surface area (Å²) < 4.78 is 28.3. The predicted octanol–water partition coefficient (Wildman–Crippen LogP) is 0.980. The van der Waals surface area contributed by atoms with Crippen molar-refractivity contribution < 1.29 is 13.2 Å². The standard InChI is InChI=1S/C17H24N4O3S.ClH/c1-12(10-18)11-19-17(22)13-6-8-21(9-7-13)16-14-4-2-3-5-15(14)25(23,24)20-16;/h2-5,12-13H,6-11,18H2,1H3,(H,19,22);1H. The van der Waals surface area contributed by atoms with Crippen molar-refractivity contribution >= 4 is 34.2 Å². The molecule has 2 aliphatic rings. The molecule has 0 bridgehead atoms. The Morgan fingerprint density at radius 3 is 2.65 bits per heavy atom. The van der Waals surface area contributed by atoms with Crippen LogP contribution in [0.3, 0.4) is 0 Å². The molecule has 1 atom stereocenters. The van der Waals surface area contributed by atoms with Crippen molar-refractivity contribution in [1.29, 1.82) is 0 Å². The second-order valence-electron chi connectivity index (χ2n) is 6.73. The number of likely N-dealkylation sites (tertiary alicyclic amines) is 1. The van der Waals surface area contributed by atoms with Gasteiger partial charge in [-0.2, -0.15) is 8.42 Å². The highest BCUT2D eigenvalue weighted by Gasteiger charge is 2.34. The van der Waals surface area contributed by atoms with Gasteiger partial charge in [-0.3, -0.25) is 4.79 Å². The van der Waals surface area contributed by atoms with Crippen LogP contribution in [0.25, 0.3) is 0 Å². The van der Waals surface area contributed by atoms with Gasteiger partial charge < -0.3 is 16.0 Å². The molecule has 0 aromatic heterocycles. The average Bonchev–Trinajstić information content (AvgIpc) is 2.91. The lowest BCUT2D eigenvalue weighted by molar-refractivity contribution is -0.126. The second kappa shape index (κ2) is 8.37. The molecule has 9 heteroatoms. The van der Waals surface area contributed by atoms with Crippen LogP contribution in [-0.4, -0.2) is 51.2 Å². The molecule has 1 saturated heterocycles. The second-order valence-corrected chi connectivity index (χ2v) is 8.31. The third kappa shape index (κ3) is 4.19. The van der Waals surface area contributed by atoms with Gasteiger partial charge in [0.1, 0.15) is 4.90 Å². The van der Waals surface area contributed by atoms with Crippen molar-refractivity contribution in [2.45, 2.75) is 24.7 Å². The monoisotopic (exact) mass is 400 g/mol. The van der Waals surface area contributed by atoms with Crippen molar-refractivity contribution in [2.24, 2.45) is 22.0 Å². The molecule has 144 valence electrons. The van der Waals surface area contributed by atoms with Crippen molar-refractivity contribution in [1.82, 2.24) is 10.2 Å². The van der Waals surface area contributed by atoms with Crippen molar-refractivity contribution in [3.63, 3.8) is 0 Å². The van der Waals surface area contributed by atoms with E-state index in [2.05, 4.69) is 9.71 Å². The zero-order chi connectivity index (χ0) is 18.0. The number of sulfonamides is 1. The molecule has 0 spiro atoms. The number of carbonyl (C=O) groups is 1. The number of rotatable bonds is 4. The van der Waals surface area contributed by atoms with E-state index in [1.54, 1.807) is 18.2 Å². The molecular weight excluding hydrogens is 376 g/mol. The molecule has 2 heterocycles. The number of amidine groups is 1. The van der Waals surface area contributed by atoms with Gasteiger partial charge in [0.15, 0.2) is 5.84 Å². The van der Waals surface area contributed by atoms with Gasteiger partial charge in [0, 0.05) is 31.1 Å². The number of hydrogen-bond acceptors (Lipinski definition) is 5. The van der Waals surface area contributed by atoms with Gasteiger partial charge in [-0.15, -0.1) is 16.8 Å². The maximum Gasteiger partial charge on any atom is 0.285 e. The van der Waals surface area contributed by atoms with E-state index in [0.717, 1.165) is 0 Å². The largest absolute Gasteiger partial charge is 0.356 e. The van der Waals surface area contributed by atoms with Gasteiger partial charge in [0.05, 0.1) is 0 Å². The van der Waals surface area contributed by atoms with Crippen molar-refractivity contribution in [2.75, 3.05) is 26.2 Å². The van der Waals surface area contributed by atoms with E-state index < -0.39 is 10.0 Å². The van der Waals surface area contributed by atoms with E-state index in [-0.39, 0.29) is 35.0 Å². The number of hydrogen-bond donors (Lipinski definition) is 2. The number of nitrogens with two attached hydrogens (primary N) is 1. The lowest BCUT2D eigenvalue weighted by Crippen LogP contribution is -2.44. The molecule has 3 N–H and O–H groups in total. The topological polar surface area (TPSA) is 105 Å². The Balaban J connectivity index is 0.00000243. The van der Waals surface area contributed by atoms with Crippen LogP contribution < -0.4 is 11.1 Å². The van der Waals surface area contributed by atoms with Crippen LogP contribution in [-0.2, 0) is 14.8 Å². The van der Waals surface area contributed by atoms with Crippen LogP contribution in [0.4, 0.5) is 0 Å². The lowest BCUT2D eigenvalue weighted by atomic mass is 9.95. The summed E-state index contributed by atoms with van der Waals surface area (Å²) in [5, 5.41) is 2.95. The first-order valence-corrected chi connectivity index (χ1v) is 10.0. The quantitative estimate of drug-likeness (QED) is 0.783. The maximum absolute atomic E-state index is 12.3. The zero-order valence-corrected chi connectivity index (χ0v) is 16.4. The van der Waals surface area contributed by atoms with Gasteiger partial charge in [0.2, 0.25) is 5.91 Å². The summed E-state index contributed by atoms with van der Waals surface area (Å²) in [6, 6.07) is 6.88. The van der Waals surface area contributed by atoms with Gasteiger partial charge >= 0.3 is 0 Å². The highest BCUT2D eigenvalue weighted by Crippen LogP contribution is 2.29. The summed E-state index contributed by atoms with van der Waals surface area (Å²) in [5.74, 6) is 0.779. The molecule has 0 aliphatic carbocycles. The molecule has 0 radical (unpaired) electrons. The van der Waals surface area contributed by atoms with Gasteiger partial charge in [0.25, 0.3) is 10.0 Å². The highest BCUT2D eigenvalue weighted by atomic mass is 35.5. The molecule has 0 saturated carbocycles. The third-order valence-corrected chi connectivity index (χ3v) is 6.13. The first-order chi connectivity index (χ1) is 11.9. The van der Waals surface area contributed by atoms with Crippen LogP contribution in [0.1, 0.15) is 25.3 Å². The number of nitrogens with one attached hydrogen (secondary N) is 1. The van der Waals surface area contributed by atoms with E-state index in [0.29, 0.717) is 50.4 Å². The molecule has 2 aliphatic heterocycles. The Hall–Kier alpha value is -1.64. The highest BCUT2D eigenvalue weighted by molar-refractivity contribution is 7.90. The predicted molar refractivity (Wildman–Crippen MR) is 103 cm³/mol. The number of amides is 1. The number of carbonyl (C=O) groups excluding carboxylic acids is 1. The van der Waals surface area contributed by atoms with E-state index in [1.165, 1.54) is 0 Å². The lowest BCUT2D eigenvalue weighted by Gasteiger charge is -2.32. The summed E-state index contributed by atoms with van der Waals surface area (Å²) in [4.78, 5) is 14.5. The summed E-state index contributed by atoms with van der Waals surface area (Å²) in [6.45, 7) is 4.37. The summed E-state index contributed by atoms with van der Waals surface area (Å²) in [7, 11) is -3.60. The van der Waals surface area contributed by atoms with Crippen molar-refractivity contribution in [3.8, 4) is 0 Å². The minimum absolute atomic E-state index is 0. The van der Waals surface area contributed by atoms with Gasteiger partial charge in [-0.05, 0) is 37.4 Å². The third-order valence-electron chi connectivity index (χ3n) is 4.80. The Labute approximate surface area is 160 Å². The van der Waals surface area contributed by atoms with E-state index in [9.17, 15) is 13.2 Å². The first-order valence-electron chi connectivity index (χ1n) is 8.59. The fourth-order valence-electron chi connectivity index (χ4n) is 3.17. The van der Waals surface area contributed by atoms with Crippen LogP contribution >= 0.6 is 12.4 Å². The maximum atomic E-state index is 12.3. The molecular formula is C17H25ClN4O3S. The molecule has 1 fully saturated rings. The van der Waals surface area contributed by atoms with Gasteiger partial charge in [-0.1, -0.05) is 19.1 Å². The van der Waals surface area contributed by atoms with Gasteiger partial charge in [-0.25, -0.2) is 0 Å². The van der Waals surface area contributed by atoms with E-state index in [4.69, 9.17) is 5.73 Å². The minimum atomic E-state index is -3.60. The molecule has 1 aromatic rings. The van der Waals surface area contributed by atoms with Crippen LogP contribution in [0.15, 0.2) is 33.6 Å². The number of fused-ring (bicyclic) bond motifs is 1. The Morgan fingerprint density at radius 1 is 1.35 bits per heavy atom. The average molecular weight is 401 g/mol. The van der Waals surface area contributed by atoms with Crippen LogP contribution in [0.5, 0.6) is 0 Å². The van der Waals surface area contributed by atoms with Crippen LogP contribution in [0.2, 0.25) is 0 Å². The fourth-order valence-corrected chi connectivity index (χ4v) is 4.40. The number of halogens is 1. The molecule has 1 unspecified atom stereocenters. The number of benzene rings is 1. The summed E-state index contributed by atoms with van der Waals surface area (Å²) in [6.07, 6.45) is 1.37. The fraction of sp³-hybridized carbons (Fsp3) is 0.529. The first kappa shape index (κ1) is 20.7. The SMILES string of the molecule is CC(CN)CNC(=O)C1CCN(C2=NS(=O)(=O)c3ccccc32)CC1.Cl. The van der Waals surface area contributed by atoms with Crippen molar-refractivity contribution in [3.05, 3.63) is 29.8 Å². The molecule has 1 aromatic carbocycles. The summed E-state index contributed by atoms with van der Waals surface area (Å²) in [5.41, 5.74) is 6.22. The smallest absolute Gasteiger partial charge is 0.285 e. The van der Waals surface area contributed by atoms with Crippen LogP contribution in [0, 0.1) is 11.8 Å². The number of piperidine rings is 1. The molecule has 3 rings (SSSR count). The number of nitrogens with zero attached hydrogens (tertiary/aromatic N) is 2. The minimum Gasteiger partial charge on any atom is -0.356 e. The van der Waals surface area contributed by atoms with E-state index >= 15 is 0 Å². The normalized spacial score (nSPS) is 19.9. The molecule has 7 nitrogen and oxygen atoms in total. The Kier molecular flexibility index (Phi) is 6.65. The molecule has 1 amide bonds. The van der Waals surface area contributed by atoms with E-state index in [1.807, 2.05) is 17.9 Å². The summed E-state index contributed by atoms with van der Waals surface area (Å²) >= 11 is 0. The zero-order valence-electron chi connectivity index (χ0n) is 14.7. The molecule has 26 heavy (non-hydrogen) atoms. The Morgan fingerprint density at radius 2 is 2.00 bits per heavy atom. The Bertz CT molecular complexity index is 789.